The number of benzene rings is 1. The molecule has 1 aromatic heterocycles. The molecular weight excluding hydrogens is 290 g/mol. The largest absolute Gasteiger partial charge is 0.348 e. The predicted octanol–water partition coefficient (Wildman–Crippen LogP) is 2.07. The highest BCUT2D eigenvalue weighted by molar-refractivity contribution is 5.94. The molecule has 1 fully saturated rings. The van der Waals surface area contributed by atoms with E-state index in [1.54, 1.807) is 0 Å². The van der Waals surface area contributed by atoms with Crippen LogP contribution in [0.1, 0.15) is 48.3 Å². The summed E-state index contributed by atoms with van der Waals surface area (Å²) in [4.78, 5) is 19.2. The van der Waals surface area contributed by atoms with Crippen LogP contribution in [-0.2, 0) is 0 Å². The molecule has 2 aromatic rings. The van der Waals surface area contributed by atoms with E-state index < -0.39 is 0 Å². The molecule has 1 aliphatic rings. The molecular formula is C17H23N5O. The Balaban J connectivity index is 1.72. The fourth-order valence-corrected chi connectivity index (χ4v) is 3.16. The Morgan fingerprint density at radius 2 is 2.09 bits per heavy atom. The van der Waals surface area contributed by atoms with Crippen molar-refractivity contribution in [3.8, 4) is 0 Å². The summed E-state index contributed by atoms with van der Waals surface area (Å²) in [6.07, 6.45) is 0.827. The number of aryl methyl sites for hydroxylation is 1. The topological polar surface area (TPSA) is 73.9 Å². The molecule has 0 saturated carbocycles. The standard InChI is InChI=1S/C17H23N5O/c1-11(2)22-10-14(9-15(22)16-18-12(3)20-21-16)19-17(23)13-7-5-4-6-8-13/h4-8,11,14-15H,9-10H2,1-3H3,(H,19,23)(H,18,20,21)/t14-,15-/m0/s1. The van der Waals surface area contributed by atoms with Crippen molar-refractivity contribution in [3.05, 3.63) is 47.5 Å². The highest BCUT2D eigenvalue weighted by Gasteiger charge is 2.37. The van der Waals surface area contributed by atoms with Crippen molar-refractivity contribution in [1.29, 1.82) is 0 Å². The Morgan fingerprint density at radius 1 is 1.35 bits per heavy atom. The molecule has 3 rings (SSSR count). The van der Waals surface area contributed by atoms with Crippen LogP contribution < -0.4 is 5.32 Å². The maximum atomic E-state index is 12.4. The van der Waals surface area contributed by atoms with Crippen molar-refractivity contribution >= 4 is 5.91 Å². The second kappa shape index (κ2) is 6.50. The lowest BCUT2D eigenvalue weighted by molar-refractivity contribution is 0.0936. The van der Waals surface area contributed by atoms with Gasteiger partial charge in [-0.3, -0.25) is 14.8 Å². The molecule has 6 heteroatoms. The van der Waals surface area contributed by atoms with Gasteiger partial charge in [0.1, 0.15) is 5.82 Å². The zero-order chi connectivity index (χ0) is 16.4. The van der Waals surface area contributed by atoms with Gasteiger partial charge in [-0.25, -0.2) is 4.98 Å². The minimum absolute atomic E-state index is 0.0221. The minimum Gasteiger partial charge on any atom is -0.348 e. The molecule has 23 heavy (non-hydrogen) atoms. The van der Waals surface area contributed by atoms with Crippen LogP contribution in [0.5, 0.6) is 0 Å². The first-order valence-electron chi connectivity index (χ1n) is 8.05. The van der Waals surface area contributed by atoms with Gasteiger partial charge in [-0.05, 0) is 39.3 Å². The van der Waals surface area contributed by atoms with Gasteiger partial charge in [-0.1, -0.05) is 18.2 Å². The Hall–Kier alpha value is -2.21. The van der Waals surface area contributed by atoms with E-state index in [1.165, 1.54) is 0 Å². The van der Waals surface area contributed by atoms with Crippen LogP contribution in [0.25, 0.3) is 0 Å². The number of aromatic nitrogens is 3. The monoisotopic (exact) mass is 313 g/mol. The van der Waals surface area contributed by atoms with E-state index in [0.29, 0.717) is 11.6 Å². The predicted molar refractivity (Wildman–Crippen MR) is 88.0 cm³/mol. The van der Waals surface area contributed by atoms with Crippen molar-refractivity contribution in [3.63, 3.8) is 0 Å². The number of rotatable bonds is 4. The van der Waals surface area contributed by atoms with E-state index in [-0.39, 0.29) is 18.0 Å². The van der Waals surface area contributed by atoms with Crippen molar-refractivity contribution in [2.24, 2.45) is 0 Å². The molecule has 0 unspecified atom stereocenters. The smallest absolute Gasteiger partial charge is 0.251 e. The fraction of sp³-hybridized carbons (Fsp3) is 0.471. The van der Waals surface area contributed by atoms with Crippen molar-refractivity contribution in [2.75, 3.05) is 6.54 Å². The number of nitrogens with zero attached hydrogens (tertiary/aromatic N) is 3. The van der Waals surface area contributed by atoms with E-state index in [0.717, 1.165) is 24.6 Å². The Labute approximate surface area is 136 Å². The van der Waals surface area contributed by atoms with Crippen molar-refractivity contribution in [2.45, 2.75) is 45.3 Å². The summed E-state index contributed by atoms with van der Waals surface area (Å²) in [5.74, 6) is 1.61. The summed E-state index contributed by atoms with van der Waals surface area (Å²) >= 11 is 0. The van der Waals surface area contributed by atoms with Crippen molar-refractivity contribution < 1.29 is 4.79 Å². The molecule has 2 heterocycles. The number of hydrogen-bond donors (Lipinski definition) is 2. The normalized spacial score (nSPS) is 21.7. The lowest BCUT2D eigenvalue weighted by Gasteiger charge is -2.26. The molecule has 6 nitrogen and oxygen atoms in total. The number of nitrogens with one attached hydrogen (secondary N) is 2. The molecule has 1 amide bonds. The van der Waals surface area contributed by atoms with E-state index in [4.69, 9.17) is 0 Å². The molecule has 2 atom stereocenters. The van der Waals surface area contributed by atoms with Gasteiger partial charge in [-0.2, -0.15) is 5.10 Å². The number of amides is 1. The third kappa shape index (κ3) is 3.42. The Kier molecular flexibility index (Phi) is 4.43. The first kappa shape index (κ1) is 15.7. The number of aromatic amines is 1. The summed E-state index contributed by atoms with van der Waals surface area (Å²) in [6, 6.07) is 9.95. The third-order valence-electron chi connectivity index (χ3n) is 4.29. The molecule has 1 aliphatic heterocycles. The summed E-state index contributed by atoms with van der Waals surface area (Å²) < 4.78 is 0. The van der Waals surface area contributed by atoms with Gasteiger partial charge in [0.25, 0.3) is 5.91 Å². The van der Waals surface area contributed by atoms with Gasteiger partial charge in [0.15, 0.2) is 5.82 Å². The highest BCUT2D eigenvalue weighted by Crippen LogP contribution is 2.32. The van der Waals surface area contributed by atoms with E-state index >= 15 is 0 Å². The van der Waals surface area contributed by atoms with Crippen LogP contribution in [0.2, 0.25) is 0 Å². The maximum absolute atomic E-state index is 12.4. The molecule has 1 saturated heterocycles. The van der Waals surface area contributed by atoms with Crippen LogP contribution >= 0.6 is 0 Å². The Morgan fingerprint density at radius 3 is 2.70 bits per heavy atom. The number of carbonyl (C=O) groups is 1. The fourth-order valence-electron chi connectivity index (χ4n) is 3.16. The average Bonchev–Trinajstić information content (AvgIpc) is 3.14. The van der Waals surface area contributed by atoms with Gasteiger partial charge in [-0.15, -0.1) is 0 Å². The molecule has 0 bridgehead atoms. The molecule has 0 radical (unpaired) electrons. The number of hydrogen-bond acceptors (Lipinski definition) is 4. The van der Waals surface area contributed by atoms with Gasteiger partial charge in [0.2, 0.25) is 0 Å². The summed E-state index contributed by atoms with van der Waals surface area (Å²) in [6.45, 7) is 7.04. The Bertz CT molecular complexity index is 667. The van der Waals surface area contributed by atoms with Crippen LogP contribution in [-0.4, -0.2) is 44.6 Å². The molecule has 0 aliphatic carbocycles. The van der Waals surface area contributed by atoms with Gasteiger partial charge in [0.05, 0.1) is 6.04 Å². The van der Waals surface area contributed by atoms with Gasteiger partial charge in [0, 0.05) is 24.2 Å². The van der Waals surface area contributed by atoms with Crippen molar-refractivity contribution in [1.82, 2.24) is 25.4 Å². The van der Waals surface area contributed by atoms with Gasteiger partial charge < -0.3 is 5.32 Å². The number of carbonyl (C=O) groups excluding carboxylic acids is 1. The van der Waals surface area contributed by atoms with Crippen LogP contribution in [0.15, 0.2) is 30.3 Å². The van der Waals surface area contributed by atoms with Crippen LogP contribution in [0, 0.1) is 6.92 Å². The third-order valence-corrected chi connectivity index (χ3v) is 4.29. The zero-order valence-corrected chi connectivity index (χ0v) is 13.8. The van der Waals surface area contributed by atoms with E-state index in [1.807, 2.05) is 37.3 Å². The second-order valence-electron chi connectivity index (χ2n) is 6.36. The minimum atomic E-state index is -0.0221. The molecule has 0 spiro atoms. The highest BCUT2D eigenvalue weighted by atomic mass is 16.1. The van der Waals surface area contributed by atoms with E-state index in [9.17, 15) is 4.79 Å². The number of H-pyrrole nitrogens is 1. The molecule has 122 valence electrons. The lowest BCUT2D eigenvalue weighted by Crippen LogP contribution is -2.38. The molecule has 2 N–H and O–H groups in total. The summed E-state index contributed by atoms with van der Waals surface area (Å²) in [5.41, 5.74) is 0.695. The van der Waals surface area contributed by atoms with Crippen LogP contribution in [0.3, 0.4) is 0 Å². The first-order valence-corrected chi connectivity index (χ1v) is 8.05. The average molecular weight is 313 g/mol. The maximum Gasteiger partial charge on any atom is 0.251 e. The second-order valence-corrected chi connectivity index (χ2v) is 6.36. The number of likely N-dealkylation sites (tertiary alicyclic amines) is 1. The SMILES string of the molecule is Cc1nc([C@@H]2C[C@H](NC(=O)c3ccccc3)CN2C(C)C)n[nH]1. The molecule has 1 aromatic carbocycles. The summed E-state index contributed by atoms with van der Waals surface area (Å²) in [7, 11) is 0. The van der Waals surface area contributed by atoms with Gasteiger partial charge >= 0.3 is 0 Å². The lowest BCUT2D eigenvalue weighted by atomic mass is 10.1. The summed E-state index contributed by atoms with van der Waals surface area (Å²) in [5, 5.41) is 10.4. The zero-order valence-electron chi connectivity index (χ0n) is 13.8. The quantitative estimate of drug-likeness (QED) is 0.906. The van der Waals surface area contributed by atoms with Crippen LogP contribution in [0.4, 0.5) is 0 Å². The first-order chi connectivity index (χ1) is 11.0. The van der Waals surface area contributed by atoms with E-state index in [2.05, 4.69) is 39.2 Å².